The van der Waals surface area contributed by atoms with Gasteiger partial charge in [-0.3, -0.25) is 0 Å². The highest BCUT2D eigenvalue weighted by Gasteiger charge is 2.08. The summed E-state index contributed by atoms with van der Waals surface area (Å²) in [4.78, 5) is 0. The van der Waals surface area contributed by atoms with Crippen molar-refractivity contribution in [2.24, 2.45) is 0 Å². The second kappa shape index (κ2) is 5.39. The Kier molecular flexibility index (Phi) is 4.44. The maximum Gasteiger partial charge on any atom is 0.114 e. The minimum atomic E-state index is -0.180. The highest BCUT2D eigenvalue weighted by Crippen LogP contribution is 2.29. The van der Waals surface area contributed by atoms with Gasteiger partial charge in [0.15, 0.2) is 0 Å². The van der Waals surface area contributed by atoms with E-state index >= 15 is 0 Å². The summed E-state index contributed by atoms with van der Waals surface area (Å²) < 4.78 is 0.929. The summed E-state index contributed by atoms with van der Waals surface area (Å²) in [5.41, 5.74) is 1.87. The van der Waals surface area contributed by atoms with E-state index < -0.39 is 0 Å². The van der Waals surface area contributed by atoms with Gasteiger partial charge in [0.05, 0.1) is 11.8 Å². The van der Waals surface area contributed by atoms with Crippen molar-refractivity contribution in [3.63, 3.8) is 0 Å². The largest absolute Gasteiger partial charge is 0.369 e. The van der Waals surface area contributed by atoms with Crippen molar-refractivity contribution in [3.05, 3.63) is 27.2 Å². The molecule has 0 spiro atoms. The van der Waals surface area contributed by atoms with Crippen LogP contribution in [-0.2, 0) is 0 Å². The van der Waals surface area contributed by atoms with Gasteiger partial charge in [0.2, 0.25) is 0 Å². The summed E-state index contributed by atoms with van der Waals surface area (Å²) in [6, 6.07) is 5.78. The fourth-order valence-corrected chi connectivity index (χ4v) is 1.91. The molecule has 1 aromatic carbocycles. The molecule has 15 heavy (non-hydrogen) atoms. The molecule has 0 aliphatic rings. The van der Waals surface area contributed by atoms with Crippen LogP contribution in [0.5, 0.6) is 0 Å². The third kappa shape index (κ3) is 3.12. The number of nitrogens with zero attached hydrogens (tertiary/aromatic N) is 1. The Morgan fingerprint density at radius 3 is 2.80 bits per heavy atom. The van der Waals surface area contributed by atoms with Crippen LogP contribution in [0.25, 0.3) is 0 Å². The van der Waals surface area contributed by atoms with Crippen LogP contribution in [0, 0.1) is 18.3 Å². The molecule has 2 nitrogen and oxygen atoms in total. The first-order valence-electron chi connectivity index (χ1n) is 4.70. The Labute approximate surface area is 103 Å². The zero-order chi connectivity index (χ0) is 11.4. The van der Waals surface area contributed by atoms with Crippen LogP contribution < -0.4 is 5.32 Å². The summed E-state index contributed by atoms with van der Waals surface area (Å²) in [7, 11) is 0. The van der Waals surface area contributed by atoms with Crippen LogP contribution in [0.2, 0.25) is 5.02 Å². The highest BCUT2D eigenvalue weighted by molar-refractivity contribution is 9.10. The van der Waals surface area contributed by atoms with E-state index in [0.29, 0.717) is 5.02 Å². The molecule has 0 fully saturated rings. The lowest BCUT2D eigenvalue weighted by Gasteiger charge is -2.13. The molecule has 1 N–H and O–H groups in total. The van der Waals surface area contributed by atoms with Gasteiger partial charge < -0.3 is 5.32 Å². The number of anilines is 1. The third-order valence-corrected chi connectivity index (χ3v) is 3.21. The number of hydrogen-bond donors (Lipinski definition) is 1. The van der Waals surface area contributed by atoms with Crippen molar-refractivity contribution in [1.29, 1.82) is 5.26 Å². The molecular weight excluding hydrogens is 275 g/mol. The topological polar surface area (TPSA) is 35.8 Å². The first-order chi connectivity index (χ1) is 7.08. The lowest BCUT2D eigenvalue weighted by molar-refractivity contribution is 0.844. The number of benzene rings is 1. The van der Waals surface area contributed by atoms with Gasteiger partial charge in [-0.25, -0.2) is 0 Å². The van der Waals surface area contributed by atoms with Crippen LogP contribution in [0.1, 0.15) is 18.9 Å². The lowest BCUT2D eigenvalue weighted by atomic mass is 10.2. The number of rotatable bonds is 3. The van der Waals surface area contributed by atoms with Crippen molar-refractivity contribution in [3.8, 4) is 6.07 Å². The minimum absolute atomic E-state index is 0.180. The molecule has 0 saturated heterocycles. The Balaban J connectivity index is 2.96. The van der Waals surface area contributed by atoms with E-state index in [1.807, 2.05) is 26.0 Å². The lowest BCUT2D eigenvalue weighted by Crippen LogP contribution is -2.15. The number of halogens is 2. The average Bonchev–Trinajstić information content (AvgIpc) is 2.21. The molecular formula is C11H12BrClN2. The number of hydrogen-bond acceptors (Lipinski definition) is 2. The first kappa shape index (κ1) is 12.4. The molecule has 0 aromatic heterocycles. The predicted molar refractivity (Wildman–Crippen MR) is 67.2 cm³/mol. The summed E-state index contributed by atoms with van der Waals surface area (Å²) in [6.07, 6.45) is 0.758. The third-order valence-electron chi connectivity index (χ3n) is 2.14. The predicted octanol–water partition coefficient (Wildman–Crippen LogP) is 4.13. The molecule has 1 rings (SSSR count). The van der Waals surface area contributed by atoms with Crippen molar-refractivity contribution >= 4 is 33.2 Å². The van der Waals surface area contributed by atoms with Gasteiger partial charge in [-0.15, -0.1) is 0 Å². The van der Waals surface area contributed by atoms with Crippen molar-refractivity contribution in [2.75, 3.05) is 5.32 Å². The monoisotopic (exact) mass is 286 g/mol. The van der Waals surface area contributed by atoms with Crippen molar-refractivity contribution in [2.45, 2.75) is 26.3 Å². The van der Waals surface area contributed by atoms with E-state index in [-0.39, 0.29) is 6.04 Å². The summed E-state index contributed by atoms with van der Waals surface area (Å²) in [5, 5.41) is 12.7. The molecule has 1 aromatic rings. The fraction of sp³-hybridized carbons (Fsp3) is 0.364. The molecule has 80 valence electrons. The normalized spacial score (nSPS) is 11.9. The molecule has 0 saturated carbocycles. The van der Waals surface area contributed by atoms with Gasteiger partial charge in [0.1, 0.15) is 6.04 Å². The highest BCUT2D eigenvalue weighted by atomic mass is 79.9. The molecule has 0 aliphatic carbocycles. The Hall–Kier alpha value is -0.720. The SMILES string of the molecule is CCC(C#N)Nc1cc(Cl)c(C)cc1Br. The fourth-order valence-electron chi connectivity index (χ4n) is 1.17. The standard InChI is InChI=1S/C11H12BrClN2/c1-3-8(6-14)15-11-5-10(13)7(2)4-9(11)12/h4-5,8,15H,3H2,1-2H3. The molecule has 0 bridgehead atoms. The average molecular weight is 288 g/mol. The number of nitrogens with one attached hydrogen (secondary N) is 1. The molecule has 0 aliphatic heterocycles. The van der Waals surface area contributed by atoms with Gasteiger partial charge in [-0.1, -0.05) is 18.5 Å². The van der Waals surface area contributed by atoms with Crippen molar-refractivity contribution < 1.29 is 0 Å². The second-order valence-electron chi connectivity index (χ2n) is 3.32. The Morgan fingerprint density at radius 2 is 2.27 bits per heavy atom. The smallest absolute Gasteiger partial charge is 0.114 e. The van der Waals surface area contributed by atoms with Crippen LogP contribution in [-0.4, -0.2) is 6.04 Å². The van der Waals surface area contributed by atoms with Crippen LogP contribution in [0.3, 0.4) is 0 Å². The summed E-state index contributed by atoms with van der Waals surface area (Å²) in [6.45, 7) is 3.91. The van der Waals surface area contributed by atoms with Gasteiger partial charge in [0.25, 0.3) is 0 Å². The van der Waals surface area contributed by atoms with E-state index in [1.165, 1.54) is 0 Å². The quantitative estimate of drug-likeness (QED) is 0.907. The Morgan fingerprint density at radius 1 is 1.60 bits per heavy atom. The molecule has 0 radical (unpaired) electrons. The molecule has 1 atom stereocenters. The van der Waals surface area contributed by atoms with Crippen molar-refractivity contribution in [1.82, 2.24) is 0 Å². The van der Waals surface area contributed by atoms with Gasteiger partial charge in [-0.2, -0.15) is 5.26 Å². The van der Waals surface area contributed by atoms with E-state index in [0.717, 1.165) is 22.1 Å². The molecule has 4 heteroatoms. The van der Waals surface area contributed by atoms with E-state index in [2.05, 4.69) is 27.3 Å². The molecule has 0 heterocycles. The van der Waals surface area contributed by atoms with E-state index in [4.69, 9.17) is 16.9 Å². The van der Waals surface area contributed by atoms with Crippen LogP contribution in [0.4, 0.5) is 5.69 Å². The van der Waals surface area contributed by atoms with Gasteiger partial charge >= 0.3 is 0 Å². The van der Waals surface area contributed by atoms with Gasteiger partial charge in [0, 0.05) is 9.50 Å². The van der Waals surface area contributed by atoms with Gasteiger partial charge in [-0.05, 0) is 47.0 Å². The second-order valence-corrected chi connectivity index (χ2v) is 4.58. The first-order valence-corrected chi connectivity index (χ1v) is 5.87. The summed E-state index contributed by atoms with van der Waals surface area (Å²) in [5.74, 6) is 0. The Bertz CT molecular complexity index is 398. The molecule has 0 amide bonds. The maximum atomic E-state index is 8.84. The number of aryl methyl sites for hydroxylation is 1. The zero-order valence-electron chi connectivity index (χ0n) is 8.64. The zero-order valence-corrected chi connectivity index (χ0v) is 11.0. The van der Waals surface area contributed by atoms with Crippen LogP contribution >= 0.6 is 27.5 Å². The van der Waals surface area contributed by atoms with E-state index in [9.17, 15) is 0 Å². The molecule has 1 unspecified atom stereocenters. The summed E-state index contributed by atoms with van der Waals surface area (Å²) >= 11 is 9.45. The van der Waals surface area contributed by atoms with E-state index in [1.54, 1.807) is 0 Å². The van der Waals surface area contributed by atoms with Crippen LogP contribution in [0.15, 0.2) is 16.6 Å². The maximum absolute atomic E-state index is 8.84. The minimum Gasteiger partial charge on any atom is -0.369 e. The number of nitriles is 1.